The topological polar surface area (TPSA) is 118 Å². The second kappa shape index (κ2) is 14.9. The van der Waals surface area contributed by atoms with Crippen LogP contribution in [0.2, 0.25) is 25.7 Å². The van der Waals surface area contributed by atoms with Crippen LogP contribution in [-0.2, 0) is 17.5 Å². The number of aryl methyl sites for hydroxylation is 2. The van der Waals surface area contributed by atoms with Crippen molar-refractivity contribution in [3.8, 4) is 0 Å². The first-order valence-electron chi connectivity index (χ1n) is 13.4. The molecule has 0 unspecified atom stereocenters. The molecule has 1 aromatic carbocycles. The standard InChI is InChI=1S/C29H41N2O6Si3/c1-39(2,3)29-23-27(8-6-25-10-16-30(17-11-25)14-4-20-37-38(32)33)22-28(24-29)9-7-26-12-18-31(19-13-26)15-5-21-40(34,35)36/h6-13,16-19,22-24,32-36H,4-5,14-15,20-21H2,1-3H3/q+2/b8-6+,9-7+. The van der Waals surface area contributed by atoms with Crippen LogP contribution in [0.5, 0.6) is 0 Å². The first-order chi connectivity index (χ1) is 18.9. The fourth-order valence-electron chi connectivity index (χ4n) is 4.05. The first kappa shape index (κ1) is 31.9. The number of nitrogens with zero attached hydrogens (tertiary/aromatic N) is 2. The van der Waals surface area contributed by atoms with Crippen molar-refractivity contribution < 1.29 is 37.5 Å². The summed E-state index contributed by atoms with van der Waals surface area (Å²) in [6.07, 6.45) is 17.7. The molecule has 0 amide bonds. The lowest BCUT2D eigenvalue weighted by Gasteiger charge is -2.18. The van der Waals surface area contributed by atoms with Crippen LogP contribution >= 0.6 is 0 Å². The third kappa shape index (κ3) is 11.9. The third-order valence-corrected chi connectivity index (χ3v) is 9.84. The smallest absolute Gasteiger partial charge is 0.390 e. The Hall–Kier alpha value is -2.59. The van der Waals surface area contributed by atoms with E-state index >= 15 is 0 Å². The lowest BCUT2D eigenvalue weighted by atomic mass is 10.1. The molecule has 0 saturated heterocycles. The van der Waals surface area contributed by atoms with Gasteiger partial charge in [-0.2, -0.15) is 0 Å². The molecule has 3 rings (SSSR count). The van der Waals surface area contributed by atoms with E-state index in [0.29, 0.717) is 26.0 Å². The third-order valence-electron chi connectivity index (χ3n) is 6.33. The quantitative estimate of drug-likeness (QED) is 0.110. The van der Waals surface area contributed by atoms with Gasteiger partial charge in [-0.25, -0.2) is 9.13 Å². The Labute approximate surface area is 240 Å². The molecule has 2 aromatic heterocycles. The monoisotopic (exact) mass is 597 g/mol. The van der Waals surface area contributed by atoms with E-state index in [9.17, 15) is 0 Å². The van der Waals surface area contributed by atoms with Gasteiger partial charge in [-0.1, -0.05) is 61.3 Å². The summed E-state index contributed by atoms with van der Waals surface area (Å²) >= 11 is 0. The average Bonchev–Trinajstić information content (AvgIpc) is 2.89. The fourth-order valence-corrected chi connectivity index (χ4v) is 6.21. The summed E-state index contributed by atoms with van der Waals surface area (Å²) in [6.45, 7) is 8.73. The van der Waals surface area contributed by atoms with Gasteiger partial charge in [-0.15, -0.1) is 0 Å². The minimum absolute atomic E-state index is 0.0331. The molecule has 40 heavy (non-hydrogen) atoms. The molecule has 0 aliphatic heterocycles. The second-order valence-electron chi connectivity index (χ2n) is 10.9. The van der Waals surface area contributed by atoms with Gasteiger partial charge in [0.2, 0.25) is 0 Å². The van der Waals surface area contributed by atoms with E-state index < -0.39 is 26.4 Å². The number of rotatable bonds is 14. The summed E-state index contributed by atoms with van der Waals surface area (Å²) < 4.78 is 8.87. The number of hydrogen-bond acceptors (Lipinski definition) is 6. The van der Waals surface area contributed by atoms with Crippen molar-refractivity contribution in [1.29, 1.82) is 0 Å². The van der Waals surface area contributed by atoms with Crippen molar-refractivity contribution in [3.05, 3.63) is 89.5 Å². The van der Waals surface area contributed by atoms with Gasteiger partial charge in [-0.05, 0) is 28.3 Å². The fraction of sp³-hybridized carbons (Fsp3) is 0.310. The minimum Gasteiger partial charge on any atom is -0.390 e. The van der Waals surface area contributed by atoms with Gasteiger partial charge in [0.25, 0.3) is 0 Å². The Bertz CT molecular complexity index is 1270. The van der Waals surface area contributed by atoms with E-state index in [-0.39, 0.29) is 6.04 Å². The molecular weight excluding hydrogens is 557 g/mol. The van der Waals surface area contributed by atoms with Crippen LogP contribution in [0.15, 0.2) is 67.3 Å². The molecule has 0 aliphatic rings. The maximum atomic E-state index is 9.17. The molecule has 2 heterocycles. The van der Waals surface area contributed by atoms with E-state index in [0.717, 1.165) is 28.8 Å². The van der Waals surface area contributed by atoms with E-state index in [1.54, 1.807) is 0 Å². The molecular formula is C29H41N2O6Si3+2. The van der Waals surface area contributed by atoms with E-state index in [2.05, 4.69) is 74.3 Å². The van der Waals surface area contributed by atoms with Crippen LogP contribution in [0.3, 0.4) is 0 Å². The Kier molecular flexibility index (Phi) is 11.9. The molecule has 0 saturated carbocycles. The van der Waals surface area contributed by atoms with Crippen molar-refractivity contribution in [2.75, 3.05) is 6.61 Å². The lowest BCUT2D eigenvalue weighted by Crippen LogP contribution is -2.38. The summed E-state index contributed by atoms with van der Waals surface area (Å²) in [4.78, 5) is 45.2. The summed E-state index contributed by atoms with van der Waals surface area (Å²) in [5.41, 5.74) is 4.47. The summed E-state index contributed by atoms with van der Waals surface area (Å²) in [5, 5.41) is 1.39. The summed E-state index contributed by atoms with van der Waals surface area (Å²) in [7, 11) is -8.13. The molecule has 8 nitrogen and oxygen atoms in total. The lowest BCUT2D eigenvalue weighted by molar-refractivity contribution is -0.697. The predicted molar refractivity (Wildman–Crippen MR) is 163 cm³/mol. The van der Waals surface area contributed by atoms with Crippen molar-refractivity contribution in [1.82, 2.24) is 0 Å². The molecule has 0 atom stereocenters. The molecule has 213 valence electrons. The molecule has 0 spiro atoms. The van der Waals surface area contributed by atoms with Gasteiger partial charge < -0.3 is 28.4 Å². The first-order valence-corrected chi connectivity index (χ1v) is 20.3. The Balaban J connectivity index is 1.68. The maximum absolute atomic E-state index is 9.17. The predicted octanol–water partition coefficient (Wildman–Crippen LogP) is 1.83. The number of benzene rings is 1. The van der Waals surface area contributed by atoms with E-state index in [4.69, 9.17) is 28.4 Å². The number of aromatic nitrogens is 2. The van der Waals surface area contributed by atoms with Crippen LogP contribution in [0.4, 0.5) is 0 Å². The van der Waals surface area contributed by atoms with Crippen molar-refractivity contribution in [2.24, 2.45) is 0 Å². The highest BCUT2D eigenvalue weighted by molar-refractivity contribution is 6.88. The number of pyridine rings is 2. The molecule has 1 radical (unpaired) electrons. The highest BCUT2D eigenvalue weighted by Crippen LogP contribution is 2.15. The highest BCUT2D eigenvalue weighted by atomic mass is 28.4. The average molecular weight is 598 g/mol. The Morgan fingerprint density at radius 3 is 1.57 bits per heavy atom. The molecule has 5 N–H and O–H groups in total. The molecule has 0 bridgehead atoms. The molecule has 0 aliphatic carbocycles. The highest BCUT2D eigenvalue weighted by Gasteiger charge is 2.26. The Morgan fingerprint density at radius 2 is 1.15 bits per heavy atom. The van der Waals surface area contributed by atoms with Crippen LogP contribution < -0.4 is 14.3 Å². The SMILES string of the molecule is C[Si](C)(C)c1cc(/C=C/c2cc[n+](CCCO[Si](O)O)cc2)cc(/C=C/c2cc[n+](CCC[Si](O)(O)O)cc2)c1. The van der Waals surface area contributed by atoms with Crippen LogP contribution in [0.25, 0.3) is 24.3 Å². The largest absolute Gasteiger partial charge is 0.571 e. The minimum atomic E-state index is -3.98. The van der Waals surface area contributed by atoms with Gasteiger partial charge in [0.1, 0.15) is 6.54 Å². The van der Waals surface area contributed by atoms with Gasteiger partial charge in [-0.3, -0.25) is 0 Å². The number of hydrogen-bond donors (Lipinski definition) is 5. The Morgan fingerprint density at radius 1 is 0.700 bits per heavy atom. The van der Waals surface area contributed by atoms with Gasteiger partial charge >= 0.3 is 18.3 Å². The van der Waals surface area contributed by atoms with Crippen LogP contribution in [0.1, 0.15) is 35.1 Å². The second-order valence-corrected chi connectivity index (χ2v) is 18.9. The molecule has 0 fully saturated rings. The zero-order valence-corrected chi connectivity index (χ0v) is 26.4. The van der Waals surface area contributed by atoms with Gasteiger partial charge in [0.05, 0.1) is 8.07 Å². The molecule has 3 aromatic rings. The van der Waals surface area contributed by atoms with Gasteiger partial charge in [0, 0.05) is 49.8 Å². The molecule has 11 heteroatoms. The summed E-state index contributed by atoms with van der Waals surface area (Å²) in [5.74, 6) is 0. The zero-order chi connectivity index (χ0) is 29.2. The normalized spacial score (nSPS) is 12.7. The van der Waals surface area contributed by atoms with Crippen molar-refractivity contribution in [2.45, 2.75) is 51.6 Å². The maximum Gasteiger partial charge on any atom is 0.571 e. The van der Waals surface area contributed by atoms with E-state index in [1.807, 2.05) is 46.1 Å². The summed E-state index contributed by atoms with van der Waals surface area (Å²) in [6, 6.07) is 15.0. The van der Waals surface area contributed by atoms with Crippen LogP contribution in [0, 0.1) is 0 Å². The zero-order valence-electron chi connectivity index (χ0n) is 23.4. The van der Waals surface area contributed by atoms with Crippen LogP contribution in [-0.4, -0.2) is 57.0 Å². The van der Waals surface area contributed by atoms with Crippen molar-refractivity contribution in [3.63, 3.8) is 0 Å². The van der Waals surface area contributed by atoms with Crippen molar-refractivity contribution >= 4 is 55.9 Å². The van der Waals surface area contributed by atoms with E-state index in [1.165, 1.54) is 5.19 Å². The van der Waals surface area contributed by atoms with Gasteiger partial charge in [0.15, 0.2) is 31.3 Å².